The van der Waals surface area contributed by atoms with Crippen molar-refractivity contribution in [2.45, 2.75) is 6.54 Å². The van der Waals surface area contributed by atoms with Crippen LogP contribution in [0.15, 0.2) is 70.7 Å². The Labute approximate surface area is 152 Å². The van der Waals surface area contributed by atoms with Gasteiger partial charge in [-0.2, -0.15) is 0 Å². The SMILES string of the molecule is O=C(/C=C/c1cccs1)N(Cc1ccco1)c1nc2ccccc2s1. The quantitative estimate of drug-likeness (QED) is 0.456. The van der Waals surface area contributed by atoms with Gasteiger partial charge in [-0.25, -0.2) is 4.98 Å². The zero-order valence-corrected chi connectivity index (χ0v) is 14.8. The minimum absolute atomic E-state index is 0.121. The van der Waals surface area contributed by atoms with Crippen LogP contribution in [0.3, 0.4) is 0 Å². The highest BCUT2D eigenvalue weighted by atomic mass is 32.1. The van der Waals surface area contributed by atoms with E-state index in [0.717, 1.165) is 20.9 Å². The number of fused-ring (bicyclic) bond motifs is 1. The molecule has 3 heterocycles. The smallest absolute Gasteiger partial charge is 0.253 e. The predicted octanol–water partition coefficient (Wildman–Crippen LogP) is 5.20. The van der Waals surface area contributed by atoms with Gasteiger partial charge >= 0.3 is 0 Å². The number of carbonyl (C=O) groups is 1. The molecule has 0 spiro atoms. The number of nitrogens with zero attached hydrogens (tertiary/aromatic N) is 2. The van der Waals surface area contributed by atoms with Crippen molar-refractivity contribution >= 4 is 50.0 Å². The monoisotopic (exact) mass is 366 g/mol. The van der Waals surface area contributed by atoms with Gasteiger partial charge in [-0.1, -0.05) is 29.5 Å². The second kappa shape index (κ2) is 7.04. The third kappa shape index (κ3) is 3.55. The molecule has 0 saturated heterocycles. The van der Waals surface area contributed by atoms with Gasteiger partial charge in [0.2, 0.25) is 0 Å². The lowest BCUT2D eigenvalue weighted by Gasteiger charge is -2.16. The van der Waals surface area contributed by atoms with Gasteiger partial charge in [0.25, 0.3) is 5.91 Å². The summed E-state index contributed by atoms with van der Waals surface area (Å²) in [7, 11) is 0. The first-order valence-electron chi connectivity index (χ1n) is 7.70. The summed E-state index contributed by atoms with van der Waals surface area (Å²) in [5.41, 5.74) is 0.891. The Morgan fingerprint density at radius 1 is 1.16 bits per heavy atom. The lowest BCUT2D eigenvalue weighted by Crippen LogP contribution is -2.28. The first kappa shape index (κ1) is 15.8. The number of thiophene rings is 1. The fourth-order valence-electron chi connectivity index (χ4n) is 2.40. The number of hydrogen-bond acceptors (Lipinski definition) is 5. The van der Waals surface area contributed by atoms with Crippen molar-refractivity contribution in [3.63, 3.8) is 0 Å². The van der Waals surface area contributed by atoms with Crippen LogP contribution in [0.2, 0.25) is 0 Å². The van der Waals surface area contributed by atoms with E-state index in [1.165, 1.54) is 11.3 Å². The summed E-state index contributed by atoms with van der Waals surface area (Å²) in [6, 6.07) is 15.5. The number of rotatable bonds is 5. The van der Waals surface area contributed by atoms with Crippen molar-refractivity contribution in [1.82, 2.24) is 4.98 Å². The van der Waals surface area contributed by atoms with E-state index in [1.807, 2.05) is 60.0 Å². The normalized spacial score (nSPS) is 11.4. The molecule has 0 aliphatic carbocycles. The Kier molecular flexibility index (Phi) is 4.45. The molecule has 3 aromatic heterocycles. The number of aromatic nitrogens is 1. The van der Waals surface area contributed by atoms with Crippen LogP contribution in [-0.2, 0) is 11.3 Å². The highest BCUT2D eigenvalue weighted by molar-refractivity contribution is 7.22. The van der Waals surface area contributed by atoms with Crippen molar-refractivity contribution in [3.8, 4) is 0 Å². The maximum absolute atomic E-state index is 12.8. The van der Waals surface area contributed by atoms with Crippen molar-refractivity contribution in [1.29, 1.82) is 0 Å². The lowest BCUT2D eigenvalue weighted by molar-refractivity contribution is -0.114. The molecule has 0 N–H and O–H groups in total. The molecular weight excluding hydrogens is 352 g/mol. The van der Waals surface area contributed by atoms with Gasteiger partial charge in [-0.3, -0.25) is 9.69 Å². The summed E-state index contributed by atoms with van der Waals surface area (Å²) in [6.45, 7) is 0.348. The van der Waals surface area contributed by atoms with Crippen molar-refractivity contribution < 1.29 is 9.21 Å². The molecule has 4 nitrogen and oxygen atoms in total. The van der Waals surface area contributed by atoms with Crippen LogP contribution in [0.25, 0.3) is 16.3 Å². The van der Waals surface area contributed by atoms with E-state index >= 15 is 0 Å². The van der Waals surface area contributed by atoms with E-state index in [4.69, 9.17) is 4.42 Å². The predicted molar refractivity (Wildman–Crippen MR) is 103 cm³/mol. The third-order valence-electron chi connectivity index (χ3n) is 3.61. The Morgan fingerprint density at radius 3 is 2.84 bits per heavy atom. The zero-order chi connectivity index (χ0) is 17.1. The summed E-state index contributed by atoms with van der Waals surface area (Å²) in [6.07, 6.45) is 5.02. The highest BCUT2D eigenvalue weighted by Crippen LogP contribution is 2.30. The summed E-state index contributed by atoms with van der Waals surface area (Å²) in [5, 5.41) is 2.65. The molecule has 4 rings (SSSR count). The number of furan rings is 1. The maximum atomic E-state index is 12.8. The van der Waals surface area contributed by atoms with Crippen LogP contribution in [0, 0.1) is 0 Å². The standard InChI is InChI=1S/C19H14N2O2S2/c22-18(10-9-15-6-4-12-24-15)21(13-14-5-3-11-23-14)19-20-16-7-1-2-8-17(16)25-19/h1-12H,13H2/b10-9+. The second-order valence-corrected chi connectivity index (χ2v) is 7.31. The first-order chi connectivity index (χ1) is 12.3. The van der Waals surface area contributed by atoms with Gasteiger partial charge in [0.15, 0.2) is 5.13 Å². The average molecular weight is 366 g/mol. The van der Waals surface area contributed by atoms with Crippen LogP contribution in [0.4, 0.5) is 5.13 Å². The van der Waals surface area contributed by atoms with Crippen LogP contribution < -0.4 is 4.90 Å². The molecule has 6 heteroatoms. The van der Waals surface area contributed by atoms with E-state index in [-0.39, 0.29) is 5.91 Å². The van der Waals surface area contributed by atoms with Gasteiger partial charge in [0, 0.05) is 11.0 Å². The minimum Gasteiger partial charge on any atom is -0.467 e. The number of carbonyl (C=O) groups excluding carboxylic acids is 1. The van der Waals surface area contributed by atoms with E-state index in [9.17, 15) is 4.79 Å². The van der Waals surface area contributed by atoms with Crippen LogP contribution >= 0.6 is 22.7 Å². The molecule has 0 unspecified atom stereocenters. The number of para-hydroxylation sites is 1. The molecule has 0 radical (unpaired) electrons. The van der Waals surface area contributed by atoms with E-state index in [1.54, 1.807) is 28.6 Å². The van der Waals surface area contributed by atoms with Crippen LogP contribution in [0.5, 0.6) is 0 Å². The maximum Gasteiger partial charge on any atom is 0.253 e. The molecule has 0 aliphatic heterocycles. The van der Waals surface area contributed by atoms with Gasteiger partial charge in [-0.05, 0) is 41.8 Å². The molecule has 0 fully saturated rings. The van der Waals surface area contributed by atoms with Gasteiger partial charge in [-0.15, -0.1) is 11.3 Å². The number of thiazole rings is 1. The van der Waals surface area contributed by atoms with Crippen molar-refractivity contribution in [2.75, 3.05) is 4.90 Å². The molecular formula is C19H14N2O2S2. The minimum atomic E-state index is -0.121. The Bertz CT molecular complexity index is 968. The Morgan fingerprint density at radius 2 is 2.08 bits per heavy atom. The molecule has 0 saturated carbocycles. The van der Waals surface area contributed by atoms with Crippen LogP contribution in [0.1, 0.15) is 10.6 Å². The van der Waals surface area contributed by atoms with E-state index in [2.05, 4.69) is 4.98 Å². The summed E-state index contributed by atoms with van der Waals surface area (Å²) in [4.78, 5) is 20.1. The molecule has 0 aliphatic rings. The molecule has 1 aromatic carbocycles. The molecule has 124 valence electrons. The average Bonchev–Trinajstić information content (AvgIpc) is 3.38. The molecule has 0 atom stereocenters. The summed E-state index contributed by atoms with van der Waals surface area (Å²) < 4.78 is 6.47. The van der Waals surface area contributed by atoms with Gasteiger partial charge in [0.1, 0.15) is 5.76 Å². The molecule has 1 amide bonds. The van der Waals surface area contributed by atoms with Crippen LogP contribution in [-0.4, -0.2) is 10.9 Å². The Hall–Kier alpha value is -2.70. The van der Waals surface area contributed by atoms with Gasteiger partial charge < -0.3 is 4.42 Å². The van der Waals surface area contributed by atoms with E-state index < -0.39 is 0 Å². The number of amides is 1. The number of anilines is 1. The lowest BCUT2D eigenvalue weighted by atomic mass is 10.3. The zero-order valence-electron chi connectivity index (χ0n) is 13.2. The fourth-order valence-corrected chi connectivity index (χ4v) is 3.99. The highest BCUT2D eigenvalue weighted by Gasteiger charge is 2.19. The number of hydrogen-bond donors (Lipinski definition) is 0. The molecule has 4 aromatic rings. The van der Waals surface area contributed by atoms with Crippen molar-refractivity contribution in [3.05, 3.63) is 76.9 Å². The Balaban J connectivity index is 1.66. The topological polar surface area (TPSA) is 46.3 Å². The largest absolute Gasteiger partial charge is 0.467 e. The first-order valence-corrected chi connectivity index (χ1v) is 9.40. The van der Waals surface area contributed by atoms with Gasteiger partial charge in [0.05, 0.1) is 23.0 Å². The summed E-state index contributed by atoms with van der Waals surface area (Å²) in [5.74, 6) is 0.598. The third-order valence-corrected chi connectivity index (χ3v) is 5.50. The number of benzene rings is 1. The van der Waals surface area contributed by atoms with E-state index in [0.29, 0.717) is 11.7 Å². The summed E-state index contributed by atoms with van der Waals surface area (Å²) >= 11 is 3.09. The second-order valence-electron chi connectivity index (χ2n) is 5.32. The molecule has 0 bridgehead atoms. The van der Waals surface area contributed by atoms with Crippen molar-refractivity contribution in [2.24, 2.45) is 0 Å². The molecule has 25 heavy (non-hydrogen) atoms. The fraction of sp³-hybridized carbons (Fsp3) is 0.0526.